The average molecular weight is 289 g/mol. The number of hydrogen-bond donors (Lipinski definition) is 2. The molecule has 7 nitrogen and oxygen atoms in total. The summed E-state index contributed by atoms with van der Waals surface area (Å²) in [5.41, 5.74) is 0.597. The standard InChI is InChI=1S/C11H19N3O4S/c1-7-6-18-8(2)4-14(7)19(16,17)11-9(3)12-13-10(11)5-15/h7-8,15H,4-6H2,1-3H3,(H,12,13). The third-order valence-electron chi connectivity index (χ3n) is 3.23. The lowest BCUT2D eigenvalue weighted by Crippen LogP contribution is -2.50. The van der Waals surface area contributed by atoms with Gasteiger partial charge >= 0.3 is 0 Å². The first-order chi connectivity index (χ1) is 8.87. The zero-order valence-corrected chi connectivity index (χ0v) is 12.1. The summed E-state index contributed by atoms with van der Waals surface area (Å²) in [7, 11) is -3.67. The molecule has 2 atom stereocenters. The summed E-state index contributed by atoms with van der Waals surface area (Å²) in [5.74, 6) is 0. The lowest BCUT2D eigenvalue weighted by atomic mass is 10.2. The van der Waals surface area contributed by atoms with Crippen LogP contribution in [0.25, 0.3) is 0 Å². The van der Waals surface area contributed by atoms with E-state index in [2.05, 4.69) is 10.2 Å². The van der Waals surface area contributed by atoms with Gasteiger partial charge in [-0.05, 0) is 20.8 Å². The van der Waals surface area contributed by atoms with E-state index in [1.54, 1.807) is 13.8 Å². The fourth-order valence-electron chi connectivity index (χ4n) is 2.24. The second kappa shape index (κ2) is 5.20. The third kappa shape index (κ3) is 2.53. The number of aromatic nitrogens is 2. The van der Waals surface area contributed by atoms with Gasteiger partial charge in [0.15, 0.2) is 0 Å². The largest absolute Gasteiger partial charge is 0.390 e. The van der Waals surface area contributed by atoms with Gasteiger partial charge in [0.1, 0.15) is 10.6 Å². The molecular weight excluding hydrogens is 270 g/mol. The smallest absolute Gasteiger partial charge is 0.247 e. The molecule has 0 amide bonds. The Kier molecular flexibility index (Phi) is 3.95. The first-order valence-corrected chi connectivity index (χ1v) is 7.60. The molecular formula is C11H19N3O4S. The zero-order chi connectivity index (χ0) is 14.2. The van der Waals surface area contributed by atoms with Gasteiger partial charge in [-0.25, -0.2) is 8.42 Å². The normalized spacial score (nSPS) is 25.7. The van der Waals surface area contributed by atoms with Crippen LogP contribution in [0, 0.1) is 6.92 Å². The van der Waals surface area contributed by atoms with Crippen LogP contribution in [0.1, 0.15) is 25.2 Å². The van der Waals surface area contributed by atoms with E-state index in [1.165, 1.54) is 4.31 Å². The maximum atomic E-state index is 12.7. The van der Waals surface area contributed by atoms with E-state index in [4.69, 9.17) is 4.74 Å². The highest BCUT2D eigenvalue weighted by molar-refractivity contribution is 7.89. The van der Waals surface area contributed by atoms with E-state index in [9.17, 15) is 13.5 Å². The van der Waals surface area contributed by atoms with Crippen molar-refractivity contribution in [1.82, 2.24) is 14.5 Å². The molecule has 2 unspecified atom stereocenters. The fraction of sp³-hybridized carbons (Fsp3) is 0.727. The third-order valence-corrected chi connectivity index (χ3v) is 5.41. The molecule has 1 aromatic rings. The van der Waals surface area contributed by atoms with Crippen LogP contribution < -0.4 is 0 Å². The number of aromatic amines is 1. The van der Waals surface area contributed by atoms with Gasteiger partial charge in [-0.1, -0.05) is 0 Å². The molecule has 108 valence electrons. The Balaban J connectivity index is 2.44. The molecule has 0 radical (unpaired) electrons. The van der Waals surface area contributed by atoms with Crippen LogP contribution in [-0.4, -0.2) is 53.3 Å². The topological polar surface area (TPSA) is 95.5 Å². The Morgan fingerprint density at radius 2 is 2.21 bits per heavy atom. The number of aryl methyl sites for hydroxylation is 1. The SMILES string of the molecule is Cc1[nH]nc(CO)c1S(=O)(=O)N1CC(C)OCC1C. The predicted octanol–water partition coefficient (Wildman–Crippen LogP) is 0.00832. The van der Waals surface area contributed by atoms with Crippen molar-refractivity contribution in [3.05, 3.63) is 11.4 Å². The van der Waals surface area contributed by atoms with Crippen LogP contribution >= 0.6 is 0 Å². The maximum Gasteiger partial charge on any atom is 0.247 e. The quantitative estimate of drug-likeness (QED) is 0.817. The van der Waals surface area contributed by atoms with Gasteiger partial charge in [0.05, 0.1) is 25.0 Å². The number of morpholine rings is 1. The Morgan fingerprint density at radius 3 is 2.84 bits per heavy atom. The monoisotopic (exact) mass is 289 g/mol. The van der Waals surface area contributed by atoms with Crippen molar-refractivity contribution in [2.75, 3.05) is 13.2 Å². The highest BCUT2D eigenvalue weighted by Gasteiger charge is 2.37. The Labute approximate surface area is 112 Å². The van der Waals surface area contributed by atoms with Crippen LogP contribution in [-0.2, 0) is 21.4 Å². The van der Waals surface area contributed by atoms with Crippen LogP contribution in [0.15, 0.2) is 4.90 Å². The van der Waals surface area contributed by atoms with Crippen LogP contribution in [0.5, 0.6) is 0 Å². The number of aliphatic hydroxyl groups excluding tert-OH is 1. The second-order valence-corrected chi connectivity index (χ2v) is 6.68. The molecule has 1 aliphatic heterocycles. The Bertz CT molecular complexity index is 554. The fourth-order valence-corrected chi connectivity index (χ4v) is 4.26. The van der Waals surface area contributed by atoms with Crippen molar-refractivity contribution in [2.24, 2.45) is 0 Å². The van der Waals surface area contributed by atoms with Crippen LogP contribution in [0.4, 0.5) is 0 Å². The number of hydrogen-bond acceptors (Lipinski definition) is 5. The molecule has 1 fully saturated rings. The van der Waals surface area contributed by atoms with Crippen LogP contribution in [0.2, 0.25) is 0 Å². The first-order valence-electron chi connectivity index (χ1n) is 6.16. The van der Waals surface area contributed by atoms with E-state index in [0.29, 0.717) is 18.8 Å². The molecule has 0 aromatic carbocycles. The number of nitrogens with one attached hydrogen (secondary N) is 1. The minimum atomic E-state index is -3.67. The number of rotatable bonds is 3. The lowest BCUT2D eigenvalue weighted by molar-refractivity contribution is -0.0171. The number of ether oxygens (including phenoxy) is 1. The van der Waals surface area contributed by atoms with Crippen molar-refractivity contribution < 1.29 is 18.3 Å². The van der Waals surface area contributed by atoms with Crippen LogP contribution in [0.3, 0.4) is 0 Å². The zero-order valence-electron chi connectivity index (χ0n) is 11.3. The number of aliphatic hydroxyl groups is 1. The summed E-state index contributed by atoms with van der Waals surface area (Å²) in [6.07, 6.45) is -0.143. The van der Waals surface area contributed by atoms with Gasteiger partial charge in [-0.2, -0.15) is 9.40 Å². The molecule has 1 saturated heterocycles. The summed E-state index contributed by atoms with van der Waals surface area (Å²) in [6, 6.07) is -0.234. The van der Waals surface area contributed by atoms with Gasteiger partial charge in [-0.15, -0.1) is 0 Å². The summed E-state index contributed by atoms with van der Waals surface area (Å²) in [5, 5.41) is 15.7. The Morgan fingerprint density at radius 1 is 1.53 bits per heavy atom. The summed E-state index contributed by atoms with van der Waals surface area (Å²) < 4.78 is 32.3. The summed E-state index contributed by atoms with van der Waals surface area (Å²) in [6.45, 7) is 5.53. The predicted molar refractivity (Wildman–Crippen MR) is 68.0 cm³/mol. The van der Waals surface area contributed by atoms with Gasteiger partial charge in [0.2, 0.25) is 10.0 Å². The molecule has 0 saturated carbocycles. The van der Waals surface area contributed by atoms with Crippen molar-refractivity contribution in [1.29, 1.82) is 0 Å². The maximum absolute atomic E-state index is 12.7. The molecule has 2 heterocycles. The number of nitrogens with zero attached hydrogens (tertiary/aromatic N) is 2. The van der Waals surface area contributed by atoms with E-state index < -0.39 is 16.6 Å². The second-order valence-electron chi connectivity index (χ2n) is 4.85. The minimum Gasteiger partial charge on any atom is -0.390 e. The van der Waals surface area contributed by atoms with Gasteiger partial charge in [-0.3, -0.25) is 5.10 Å². The van der Waals surface area contributed by atoms with Crippen molar-refractivity contribution in [2.45, 2.75) is 44.4 Å². The highest BCUT2D eigenvalue weighted by atomic mass is 32.2. The molecule has 1 aliphatic rings. The number of H-pyrrole nitrogens is 1. The van der Waals surface area contributed by atoms with Gasteiger partial charge in [0.25, 0.3) is 0 Å². The minimum absolute atomic E-state index is 0.0796. The Hall–Kier alpha value is -0.960. The van der Waals surface area contributed by atoms with Gasteiger partial charge < -0.3 is 9.84 Å². The van der Waals surface area contributed by atoms with E-state index in [-0.39, 0.29) is 22.7 Å². The molecule has 0 aliphatic carbocycles. The summed E-state index contributed by atoms with van der Waals surface area (Å²) in [4.78, 5) is 0.0796. The van der Waals surface area contributed by atoms with E-state index in [1.807, 2.05) is 6.92 Å². The molecule has 8 heteroatoms. The van der Waals surface area contributed by atoms with E-state index in [0.717, 1.165) is 0 Å². The highest BCUT2D eigenvalue weighted by Crippen LogP contribution is 2.26. The van der Waals surface area contributed by atoms with Gasteiger partial charge in [0, 0.05) is 12.6 Å². The van der Waals surface area contributed by atoms with E-state index >= 15 is 0 Å². The molecule has 1 aromatic heterocycles. The molecule has 0 bridgehead atoms. The first kappa shape index (κ1) is 14.4. The molecule has 19 heavy (non-hydrogen) atoms. The molecule has 2 rings (SSSR count). The van der Waals surface area contributed by atoms with Crippen molar-refractivity contribution in [3.8, 4) is 0 Å². The van der Waals surface area contributed by atoms with Crippen molar-refractivity contribution >= 4 is 10.0 Å². The average Bonchev–Trinajstić information content (AvgIpc) is 2.74. The number of sulfonamides is 1. The molecule has 2 N–H and O–H groups in total. The summed E-state index contributed by atoms with van der Waals surface area (Å²) >= 11 is 0. The molecule has 0 spiro atoms. The van der Waals surface area contributed by atoms with Crippen molar-refractivity contribution in [3.63, 3.8) is 0 Å². The lowest BCUT2D eigenvalue weighted by Gasteiger charge is -2.35.